The number of fused-ring (bicyclic) bond motifs is 2. The minimum Gasteiger partial charge on any atom is -0.396 e. The SMILES string of the molecule is N#Cc1nc(NC2CC3CCC2C3)ccc1N. The Kier molecular flexibility index (Phi) is 2.40. The Balaban J connectivity index is 1.75. The summed E-state index contributed by atoms with van der Waals surface area (Å²) in [4.78, 5) is 4.24. The van der Waals surface area contributed by atoms with Gasteiger partial charge in [0.05, 0.1) is 5.69 Å². The summed E-state index contributed by atoms with van der Waals surface area (Å²) in [5, 5.41) is 12.3. The molecule has 3 N–H and O–H groups in total. The van der Waals surface area contributed by atoms with Gasteiger partial charge in [0.1, 0.15) is 11.9 Å². The van der Waals surface area contributed by atoms with Crippen LogP contribution >= 0.6 is 0 Å². The predicted octanol–water partition coefficient (Wildman–Crippen LogP) is 2.14. The van der Waals surface area contributed by atoms with Gasteiger partial charge < -0.3 is 11.1 Å². The molecular weight excluding hydrogens is 212 g/mol. The van der Waals surface area contributed by atoms with Gasteiger partial charge in [0.15, 0.2) is 5.69 Å². The molecule has 2 aliphatic carbocycles. The molecule has 0 radical (unpaired) electrons. The number of rotatable bonds is 2. The summed E-state index contributed by atoms with van der Waals surface area (Å²) in [6.45, 7) is 0. The second-order valence-corrected chi connectivity index (χ2v) is 5.17. The van der Waals surface area contributed by atoms with E-state index in [1.165, 1.54) is 25.7 Å². The van der Waals surface area contributed by atoms with Crippen LogP contribution in [0.5, 0.6) is 0 Å². The zero-order chi connectivity index (χ0) is 11.8. The van der Waals surface area contributed by atoms with Crippen molar-refractivity contribution in [3.8, 4) is 6.07 Å². The minimum absolute atomic E-state index is 0.318. The van der Waals surface area contributed by atoms with Gasteiger partial charge >= 0.3 is 0 Å². The lowest BCUT2D eigenvalue weighted by molar-refractivity contribution is 0.439. The number of nitrogen functional groups attached to an aromatic ring is 1. The third-order valence-corrected chi connectivity index (χ3v) is 4.10. The van der Waals surface area contributed by atoms with Crippen molar-refractivity contribution in [3.05, 3.63) is 17.8 Å². The Labute approximate surface area is 101 Å². The quantitative estimate of drug-likeness (QED) is 0.813. The van der Waals surface area contributed by atoms with Gasteiger partial charge in [0.25, 0.3) is 0 Å². The highest BCUT2D eigenvalue weighted by molar-refractivity contribution is 5.54. The van der Waals surface area contributed by atoms with Gasteiger partial charge in [-0.3, -0.25) is 0 Å². The second-order valence-electron chi connectivity index (χ2n) is 5.17. The average Bonchev–Trinajstić information content (AvgIpc) is 2.93. The number of hydrogen-bond donors (Lipinski definition) is 2. The summed E-state index contributed by atoms with van der Waals surface area (Å²) in [6.07, 6.45) is 5.33. The molecule has 1 heterocycles. The number of nitrogens with one attached hydrogen (secondary N) is 1. The fourth-order valence-electron chi connectivity index (χ4n) is 3.25. The summed E-state index contributed by atoms with van der Waals surface area (Å²) >= 11 is 0. The monoisotopic (exact) mass is 228 g/mol. The molecule has 17 heavy (non-hydrogen) atoms. The van der Waals surface area contributed by atoms with Gasteiger partial charge in [-0.15, -0.1) is 0 Å². The summed E-state index contributed by atoms with van der Waals surface area (Å²) in [5.74, 6) is 2.49. The van der Waals surface area contributed by atoms with Gasteiger partial charge in [-0.25, -0.2) is 4.98 Å². The predicted molar refractivity (Wildman–Crippen MR) is 66.2 cm³/mol. The Bertz CT molecular complexity index is 477. The van der Waals surface area contributed by atoms with Crippen LogP contribution in [0.1, 0.15) is 31.4 Å². The number of anilines is 2. The zero-order valence-corrected chi connectivity index (χ0v) is 9.69. The van der Waals surface area contributed by atoms with E-state index in [0.717, 1.165) is 17.7 Å². The Morgan fingerprint density at radius 3 is 2.88 bits per heavy atom. The fourth-order valence-corrected chi connectivity index (χ4v) is 3.25. The normalized spacial score (nSPS) is 30.2. The molecule has 4 heteroatoms. The number of nitrogens with zero attached hydrogens (tertiary/aromatic N) is 2. The van der Waals surface area contributed by atoms with Crippen LogP contribution in [0.2, 0.25) is 0 Å². The number of hydrogen-bond acceptors (Lipinski definition) is 4. The first-order valence-corrected chi connectivity index (χ1v) is 6.19. The molecule has 3 atom stereocenters. The third kappa shape index (κ3) is 1.82. The molecule has 2 bridgehead atoms. The molecule has 3 rings (SSSR count). The van der Waals surface area contributed by atoms with E-state index in [2.05, 4.69) is 10.3 Å². The van der Waals surface area contributed by atoms with Crippen molar-refractivity contribution in [2.24, 2.45) is 11.8 Å². The Morgan fingerprint density at radius 2 is 2.24 bits per heavy atom. The van der Waals surface area contributed by atoms with Crippen molar-refractivity contribution >= 4 is 11.5 Å². The summed E-state index contributed by atoms with van der Waals surface area (Å²) in [7, 11) is 0. The number of aromatic nitrogens is 1. The van der Waals surface area contributed by atoms with Crippen LogP contribution < -0.4 is 11.1 Å². The van der Waals surface area contributed by atoms with E-state index < -0.39 is 0 Å². The maximum atomic E-state index is 8.89. The van der Waals surface area contributed by atoms with Crippen LogP contribution in [0, 0.1) is 23.2 Å². The number of pyridine rings is 1. The maximum Gasteiger partial charge on any atom is 0.165 e. The standard InChI is InChI=1S/C13H16N4/c14-7-12-10(15)3-4-13(17-12)16-11-6-8-1-2-9(11)5-8/h3-4,8-9,11H,1-2,5-6,15H2,(H,16,17). The van der Waals surface area contributed by atoms with Crippen molar-refractivity contribution in [1.29, 1.82) is 5.26 Å². The molecule has 0 spiro atoms. The van der Waals surface area contributed by atoms with Crippen LogP contribution in [-0.4, -0.2) is 11.0 Å². The van der Waals surface area contributed by atoms with E-state index >= 15 is 0 Å². The van der Waals surface area contributed by atoms with E-state index in [0.29, 0.717) is 17.4 Å². The molecule has 0 aromatic carbocycles. The van der Waals surface area contributed by atoms with Gasteiger partial charge in [-0.2, -0.15) is 5.26 Å². The Morgan fingerprint density at radius 1 is 1.35 bits per heavy atom. The smallest absolute Gasteiger partial charge is 0.165 e. The highest BCUT2D eigenvalue weighted by Crippen LogP contribution is 2.45. The molecule has 2 fully saturated rings. The summed E-state index contributed by atoms with van der Waals surface area (Å²) in [6, 6.07) is 6.17. The second kappa shape index (κ2) is 3.92. The van der Waals surface area contributed by atoms with E-state index in [9.17, 15) is 0 Å². The first-order chi connectivity index (χ1) is 8.26. The van der Waals surface area contributed by atoms with E-state index in [1.807, 2.05) is 12.1 Å². The lowest BCUT2D eigenvalue weighted by atomic mass is 9.95. The molecular formula is C13H16N4. The minimum atomic E-state index is 0.318. The molecule has 1 aromatic rings. The van der Waals surface area contributed by atoms with Gasteiger partial charge in [-0.05, 0) is 43.2 Å². The number of nitrogens with two attached hydrogens (primary N) is 1. The molecule has 2 aliphatic rings. The molecule has 1 aromatic heterocycles. The zero-order valence-electron chi connectivity index (χ0n) is 9.69. The molecule has 4 nitrogen and oxygen atoms in total. The van der Waals surface area contributed by atoms with E-state index in [4.69, 9.17) is 11.0 Å². The van der Waals surface area contributed by atoms with Crippen molar-refractivity contribution in [2.75, 3.05) is 11.1 Å². The lowest BCUT2D eigenvalue weighted by Crippen LogP contribution is -2.26. The van der Waals surface area contributed by atoms with Crippen LogP contribution in [0.25, 0.3) is 0 Å². The molecule has 0 amide bonds. The first kappa shape index (κ1) is 10.4. The van der Waals surface area contributed by atoms with Crippen LogP contribution in [0.3, 0.4) is 0 Å². The van der Waals surface area contributed by atoms with Gasteiger partial charge in [-0.1, -0.05) is 6.42 Å². The molecule has 3 unspecified atom stereocenters. The highest BCUT2D eigenvalue weighted by atomic mass is 15.0. The van der Waals surface area contributed by atoms with Gasteiger partial charge in [0.2, 0.25) is 0 Å². The molecule has 88 valence electrons. The lowest BCUT2D eigenvalue weighted by Gasteiger charge is -2.23. The highest BCUT2D eigenvalue weighted by Gasteiger charge is 2.39. The van der Waals surface area contributed by atoms with Crippen molar-refractivity contribution in [1.82, 2.24) is 4.98 Å². The Hall–Kier alpha value is -1.76. The van der Waals surface area contributed by atoms with Gasteiger partial charge in [0, 0.05) is 6.04 Å². The van der Waals surface area contributed by atoms with Crippen LogP contribution in [-0.2, 0) is 0 Å². The molecule has 0 saturated heterocycles. The van der Waals surface area contributed by atoms with E-state index in [1.54, 1.807) is 6.07 Å². The maximum absolute atomic E-state index is 8.89. The van der Waals surface area contributed by atoms with Crippen LogP contribution in [0.4, 0.5) is 11.5 Å². The average molecular weight is 228 g/mol. The first-order valence-electron chi connectivity index (χ1n) is 6.19. The number of nitriles is 1. The summed E-state index contributed by atoms with van der Waals surface area (Å²) < 4.78 is 0. The third-order valence-electron chi connectivity index (χ3n) is 4.10. The largest absolute Gasteiger partial charge is 0.396 e. The van der Waals surface area contributed by atoms with E-state index in [-0.39, 0.29) is 0 Å². The van der Waals surface area contributed by atoms with Crippen molar-refractivity contribution in [3.63, 3.8) is 0 Å². The topological polar surface area (TPSA) is 74.7 Å². The van der Waals surface area contributed by atoms with Crippen molar-refractivity contribution < 1.29 is 0 Å². The fraction of sp³-hybridized carbons (Fsp3) is 0.538. The van der Waals surface area contributed by atoms with Crippen molar-refractivity contribution in [2.45, 2.75) is 31.7 Å². The molecule has 0 aliphatic heterocycles. The van der Waals surface area contributed by atoms with Crippen LogP contribution in [0.15, 0.2) is 12.1 Å². The molecule has 2 saturated carbocycles. The summed E-state index contributed by atoms with van der Waals surface area (Å²) in [5.41, 5.74) is 6.42.